The summed E-state index contributed by atoms with van der Waals surface area (Å²) in [5, 5.41) is 6.47. The zero-order chi connectivity index (χ0) is 21.1. The van der Waals surface area contributed by atoms with Crippen LogP contribution in [-0.2, 0) is 17.6 Å². The number of hydrogen-bond donors (Lipinski definition) is 3. The van der Waals surface area contributed by atoms with Crippen LogP contribution >= 0.6 is 0 Å². The molecule has 1 aromatic carbocycles. The Hall–Kier alpha value is -2.67. The number of aryl methyl sites for hydroxylation is 3. The van der Waals surface area contributed by atoms with E-state index in [0.29, 0.717) is 12.5 Å². The summed E-state index contributed by atoms with van der Waals surface area (Å²) < 4.78 is 0. The third-order valence-corrected chi connectivity index (χ3v) is 6.23. The Morgan fingerprint density at radius 1 is 1.17 bits per heavy atom. The first kappa shape index (κ1) is 20.6. The lowest BCUT2D eigenvalue weighted by atomic mass is 9.97. The molecule has 1 aliphatic heterocycles. The number of amides is 1. The minimum absolute atomic E-state index is 0.00260. The number of benzene rings is 1. The van der Waals surface area contributed by atoms with Gasteiger partial charge in [0.2, 0.25) is 11.9 Å². The zero-order valence-corrected chi connectivity index (χ0v) is 17.9. The number of aromatic amines is 1. The Morgan fingerprint density at radius 2 is 1.87 bits per heavy atom. The maximum atomic E-state index is 12.5. The summed E-state index contributed by atoms with van der Waals surface area (Å²) in [6.07, 6.45) is 5.72. The number of rotatable bonds is 5. The summed E-state index contributed by atoms with van der Waals surface area (Å²) in [5.74, 6) is 0.617. The normalized spacial score (nSPS) is 17.4. The molecule has 30 heavy (non-hydrogen) atoms. The number of H-pyrrole nitrogens is 1. The monoisotopic (exact) mass is 409 g/mol. The van der Waals surface area contributed by atoms with Gasteiger partial charge in [0, 0.05) is 30.4 Å². The van der Waals surface area contributed by atoms with Gasteiger partial charge in [-0.15, -0.1) is 0 Å². The van der Waals surface area contributed by atoms with Gasteiger partial charge in [-0.05, 0) is 63.5 Å². The van der Waals surface area contributed by atoms with Crippen molar-refractivity contribution in [3.8, 4) is 0 Å². The van der Waals surface area contributed by atoms with Crippen LogP contribution in [0, 0.1) is 13.8 Å². The number of nitrogens with one attached hydrogen (secondary N) is 3. The summed E-state index contributed by atoms with van der Waals surface area (Å²) in [5.41, 5.74) is 4.89. The van der Waals surface area contributed by atoms with Gasteiger partial charge < -0.3 is 10.6 Å². The number of carbonyl (C=O) groups excluding carboxylic acids is 1. The molecule has 2 aliphatic rings. The lowest BCUT2D eigenvalue weighted by Gasteiger charge is -2.32. The second-order valence-corrected chi connectivity index (χ2v) is 8.56. The lowest BCUT2D eigenvalue weighted by molar-refractivity contribution is -0.117. The summed E-state index contributed by atoms with van der Waals surface area (Å²) in [4.78, 5) is 34.6. The smallest absolute Gasteiger partial charge is 0.255 e. The molecule has 4 rings (SSSR count). The van der Waals surface area contributed by atoms with Crippen molar-refractivity contribution < 1.29 is 4.79 Å². The van der Waals surface area contributed by atoms with Gasteiger partial charge >= 0.3 is 0 Å². The molecule has 1 amide bonds. The molecule has 0 saturated carbocycles. The summed E-state index contributed by atoms with van der Waals surface area (Å²) in [6, 6.07) is 6.29. The van der Waals surface area contributed by atoms with E-state index in [2.05, 4.69) is 25.5 Å². The molecule has 7 nitrogen and oxygen atoms in total. The van der Waals surface area contributed by atoms with Crippen molar-refractivity contribution in [2.24, 2.45) is 0 Å². The molecule has 7 heteroatoms. The van der Waals surface area contributed by atoms with Gasteiger partial charge in [-0.2, -0.15) is 0 Å². The van der Waals surface area contributed by atoms with Crippen molar-refractivity contribution in [2.75, 3.05) is 30.3 Å². The Morgan fingerprint density at radius 3 is 2.60 bits per heavy atom. The van der Waals surface area contributed by atoms with Crippen molar-refractivity contribution in [2.45, 2.75) is 58.4 Å². The van der Waals surface area contributed by atoms with Gasteiger partial charge in [-0.3, -0.25) is 19.5 Å². The highest BCUT2D eigenvalue weighted by molar-refractivity contribution is 5.93. The lowest BCUT2D eigenvalue weighted by Crippen LogP contribution is -2.43. The van der Waals surface area contributed by atoms with Crippen molar-refractivity contribution in [3.63, 3.8) is 0 Å². The highest BCUT2D eigenvalue weighted by Gasteiger charge is 2.23. The average Bonchev–Trinajstić information content (AvgIpc) is 2.72. The van der Waals surface area contributed by atoms with Gasteiger partial charge in [0.05, 0.1) is 12.2 Å². The van der Waals surface area contributed by atoms with Crippen LogP contribution in [-0.4, -0.2) is 46.5 Å². The first-order chi connectivity index (χ1) is 14.5. The summed E-state index contributed by atoms with van der Waals surface area (Å²) >= 11 is 0. The molecule has 2 heterocycles. The molecule has 0 atom stereocenters. The summed E-state index contributed by atoms with van der Waals surface area (Å²) in [7, 11) is 0. The van der Waals surface area contributed by atoms with E-state index in [4.69, 9.17) is 0 Å². The van der Waals surface area contributed by atoms with E-state index in [9.17, 15) is 9.59 Å². The summed E-state index contributed by atoms with van der Waals surface area (Å²) in [6.45, 7) is 6.10. The highest BCUT2D eigenvalue weighted by Crippen LogP contribution is 2.21. The molecule has 1 aliphatic carbocycles. The number of hydrogen-bond acceptors (Lipinski definition) is 5. The number of piperidine rings is 1. The molecular weight excluding hydrogens is 378 g/mol. The van der Waals surface area contributed by atoms with Crippen LogP contribution in [0.25, 0.3) is 0 Å². The fourth-order valence-electron chi connectivity index (χ4n) is 4.49. The van der Waals surface area contributed by atoms with Gasteiger partial charge in [-0.1, -0.05) is 18.2 Å². The van der Waals surface area contributed by atoms with Gasteiger partial charge in [0.25, 0.3) is 5.56 Å². The SMILES string of the molecule is Cc1cccc(C)c1NC(=O)CN1CCC(Nc2nc3c(c(=O)[nH]2)CCCC3)CC1. The van der Waals surface area contributed by atoms with Crippen LogP contribution < -0.4 is 16.2 Å². The van der Waals surface area contributed by atoms with E-state index < -0.39 is 0 Å². The van der Waals surface area contributed by atoms with E-state index in [1.165, 1.54) is 0 Å². The molecule has 0 spiro atoms. The molecular formula is C23H31N5O2. The van der Waals surface area contributed by atoms with Gasteiger partial charge in [0.15, 0.2) is 0 Å². The number of anilines is 2. The molecule has 1 fully saturated rings. The van der Waals surface area contributed by atoms with Crippen LogP contribution in [0.2, 0.25) is 0 Å². The number of carbonyl (C=O) groups is 1. The number of aromatic nitrogens is 2. The van der Waals surface area contributed by atoms with Crippen LogP contribution in [0.15, 0.2) is 23.0 Å². The van der Waals surface area contributed by atoms with Crippen molar-refractivity contribution >= 4 is 17.5 Å². The molecule has 0 bridgehead atoms. The largest absolute Gasteiger partial charge is 0.353 e. The van der Waals surface area contributed by atoms with E-state index >= 15 is 0 Å². The van der Waals surface area contributed by atoms with Gasteiger partial charge in [0.1, 0.15) is 0 Å². The number of likely N-dealkylation sites (tertiary alicyclic amines) is 1. The molecule has 1 aromatic heterocycles. The number of fused-ring (bicyclic) bond motifs is 1. The first-order valence-corrected chi connectivity index (χ1v) is 11.0. The third kappa shape index (κ3) is 4.73. The van der Waals surface area contributed by atoms with E-state index in [0.717, 1.165) is 79.7 Å². The molecule has 2 aromatic rings. The first-order valence-electron chi connectivity index (χ1n) is 11.0. The van der Waals surface area contributed by atoms with Gasteiger partial charge in [-0.25, -0.2) is 4.98 Å². The molecule has 1 saturated heterocycles. The molecule has 0 radical (unpaired) electrons. The molecule has 160 valence electrons. The Kier molecular flexibility index (Phi) is 6.18. The second-order valence-electron chi connectivity index (χ2n) is 8.56. The van der Waals surface area contributed by atoms with E-state index in [-0.39, 0.29) is 17.5 Å². The van der Waals surface area contributed by atoms with Crippen LogP contribution in [0.4, 0.5) is 11.6 Å². The quantitative estimate of drug-likeness (QED) is 0.707. The number of nitrogens with zero attached hydrogens (tertiary/aromatic N) is 2. The Labute approximate surface area is 177 Å². The fraction of sp³-hybridized carbons (Fsp3) is 0.522. The number of para-hydroxylation sites is 1. The maximum Gasteiger partial charge on any atom is 0.255 e. The molecule has 3 N–H and O–H groups in total. The van der Waals surface area contributed by atoms with E-state index in [1.54, 1.807) is 0 Å². The predicted octanol–water partition coefficient (Wildman–Crippen LogP) is 2.78. The highest BCUT2D eigenvalue weighted by atomic mass is 16.2. The topological polar surface area (TPSA) is 90.1 Å². The zero-order valence-electron chi connectivity index (χ0n) is 17.9. The Balaban J connectivity index is 1.28. The second kappa shape index (κ2) is 9.00. The third-order valence-electron chi connectivity index (χ3n) is 6.23. The maximum absolute atomic E-state index is 12.5. The van der Waals surface area contributed by atoms with Crippen molar-refractivity contribution in [1.29, 1.82) is 0 Å². The standard InChI is InChI=1S/C23H31N5O2/c1-15-6-5-7-16(2)21(15)26-20(29)14-28-12-10-17(11-13-28)24-23-25-19-9-4-3-8-18(19)22(30)27-23/h5-7,17H,3-4,8-14H2,1-2H3,(H,26,29)(H2,24,25,27,30). The average molecular weight is 410 g/mol. The van der Waals surface area contributed by atoms with E-state index in [1.807, 2.05) is 32.0 Å². The van der Waals surface area contributed by atoms with Crippen LogP contribution in [0.5, 0.6) is 0 Å². The fourth-order valence-corrected chi connectivity index (χ4v) is 4.49. The minimum Gasteiger partial charge on any atom is -0.353 e. The Bertz CT molecular complexity index is 956. The molecule has 0 unspecified atom stereocenters. The van der Waals surface area contributed by atoms with Crippen molar-refractivity contribution in [3.05, 3.63) is 50.9 Å². The van der Waals surface area contributed by atoms with Crippen LogP contribution in [0.3, 0.4) is 0 Å². The van der Waals surface area contributed by atoms with Crippen LogP contribution in [0.1, 0.15) is 48.1 Å². The predicted molar refractivity (Wildman–Crippen MR) is 119 cm³/mol. The minimum atomic E-state index is 0.00260. The van der Waals surface area contributed by atoms with Crippen molar-refractivity contribution in [1.82, 2.24) is 14.9 Å².